The number of rotatable bonds is 6. The maximum atomic E-state index is 10.4. The van der Waals surface area contributed by atoms with Gasteiger partial charge >= 0.3 is 0 Å². The maximum Gasteiger partial charge on any atom is 0.120 e. The standard InChI is InChI=1S/C14H18N2O/c1-2-10-16-13-8-4-3-7-12(13)15-14(16)9-5-6-11-17/h3-4,7-8,11H,2,5-6,9-10H2,1H3. The van der Waals surface area contributed by atoms with Crippen LogP contribution in [-0.2, 0) is 17.8 Å². The highest BCUT2D eigenvalue weighted by atomic mass is 16.1. The Morgan fingerprint density at radius 3 is 2.94 bits per heavy atom. The van der Waals surface area contributed by atoms with Gasteiger partial charge in [-0.2, -0.15) is 0 Å². The molecule has 0 saturated carbocycles. The lowest BCUT2D eigenvalue weighted by Crippen LogP contribution is -2.03. The van der Waals surface area contributed by atoms with Crippen molar-refractivity contribution >= 4 is 17.3 Å². The van der Waals surface area contributed by atoms with Crippen LogP contribution >= 0.6 is 0 Å². The minimum atomic E-state index is 0.620. The van der Waals surface area contributed by atoms with Gasteiger partial charge in [0.25, 0.3) is 0 Å². The summed E-state index contributed by atoms with van der Waals surface area (Å²) < 4.78 is 2.28. The van der Waals surface area contributed by atoms with Crippen LogP contribution < -0.4 is 0 Å². The van der Waals surface area contributed by atoms with Gasteiger partial charge in [-0.25, -0.2) is 4.98 Å². The fourth-order valence-corrected chi connectivity index (χ4v) is 2.13. The van der Waals surface area contributed by atoms with Gasteiger partial charge in [0.05, 0.1) is 11.0 Å². The molecule has 1 aromatic carbocycles. The number of para-hydroxylation sites is 2. The number of carbonyl (C=O) groups excluding carboxylic acids is 1. The van der Waals surface area contributed by atoms with E-state index >= 15 is 0 Å². The molecule has 0 N–H and O–H groups in total. The van der Waals surface area contributed by atoms with Crippen LogP contribution in [0.25, 0.3) is 11.0 Å². The molecule has 0 saturated heterocycles. The van der Waals surface area contributed by atoms with Crippen LogP contribution in [0.15, 0.2) is 24.3 Å². The number of hydrogen-bond donors (Lipinski definition) is 0. The second kappa shape index (κ2) is 5.62. The number of carbonyl (C=O) groups is 1. The number of unbranched alkanes of at least 4 members (excludes halogenated alkanes) is 1. The molecule has 0 bridgehead atoms. The summed E-state index contributed by atoms with van der Waals surface area (Å²) in [4.78, 5) is 15.0. The molecule has 0 aliphatic heterocycles. The van der Waals surface area contributed by atoms with Crippen LogP contribution in [-0.4, -0.2) is 15.8 Å². The first-order valence-electron chi connectivity index (χ1n) is 6.24. The van der Waals surface area contributed by atoms with Crippen molar-refractivity contribution in [1.82, 2.24) is 9.55 Å². The van der Waals surface area contributed by atoms with Gasteiger partial charge in [0.15, 0.2) is 0 Å². The number of fused-ring (bicyclic) bond motifs is 1. The maximum absolute atomic E-state index is 10.4. The van der Waals surface area contributed by atoms with Gasteiger partial charge in [0.2, 0.25) is 0 Å². The number of aromatic nitrogens is 2. The summed E-state index contributed by atoms with van der Waals surface area (Å²) in [5.41, 5.74) is 2.26. The van der Waals surface area contributed by atoms with Crippen LogP contribution in [0.2, 0.25) is 0 Å². The Morgan fingerprint density at radius 1 is 1.35 bits per heavy atom. The Kier molecular flexibility index (Phi) is 3.91. The first-order valence-corrected chi connectivity index (χ1v) is 6.24. The molecule has 2 aromatic rings. The first kappa shape index (κ1) is 11.8. The van der Waals surface area contributed by atoms with Crippen LogP contribution in [0.1, 0.15) is 32.0 Å². The molecular formula is C14H18N2O. The smallest absolute Gasteiger partial charge is 0.120 e. The second-order valence-electron chi connectivity index (χ2n) is 4.23. The van der Waals surface area contributed by atoms with Crippen LogP contribution in [0.3, 0.4) is 0 Å². The average Bonchev–Trinajstić information content (AvgIpc) is 2.69. The molecule has 0 unspecified atom stereocenters. The van der Waals surface area contributed by atoms with Crippen LogP contribution in [0.5, 0.6) is 0 Å². The summed E-state index contributed by atoms with van der Waals surface area (Å²) >= 11 is 0. The molecule has 1 heterocycles. The number of hydrogen-bond acceptors (Lipinski definition) is 2. The minimum Gasteiger partial charge on any atom is -0.328 e. The van der Waals surface area contributed by atoms with Gasteiger partial charge < -0.3 is 9.36 Å². The Bertz CT molecular complexity index is 502. The summed E-state index contributed by atoms with van der Waals surface area (Å²) in [5, 5.41) is 0. The van der Waals surface area contributed by atoms with Crippen molar-refractivity contribution in [3.8, 4) is 0 Å². The summed E-state index contributed by atoms with van der Waals surface area (Å²) in [6.45, 7) is 3.17. The summed E-state index contributed by atoms with van der Waals surface area (Å²) in [6.07, 6.45) is 4.47. The molecule has 0 radical (unpaired) electrons. The molecule has 0 amide bonds. The molecule has 17 heavy (non-hydrogen) atoms. The lowest BCUT2D eigenvalue weighted by molar-refractivity contribution is -0.107. The molecule has 3 nitrogen and oxygen atoms in total. The number of nitrogens with zero attached hydrogens (tertiary/aromatic N) is 2. The minimum absolute atomic E-state index is 0.620. The molecule has 3 heteroatoms. The van der Waals surface area contributed by atoms with Gasteiger partial charge in [-0.1, -0.05) is 19.1 Å². The lowest BCUT2D eigenvalue weighted by Gasteiger charge is -2.06. The SMILES string of the molecule is CCCn1c(CCCC=O)nc2ccccc21. The van der Waals surface area contributed by atoms with Crippen molar-refractivity contribution in [1.29, 1.82) is 0 Å². The highest BCUT2D eigenvalue weighted by molar-refractivity contribution is 5.75. The molecule has 0 aliphatic rings. The zero-order valence-corrected chi connectivity index (χ0v) is 10.2. The van der Waals surface area contributed by atoms with Crippen molar-refractivity contribution in [2.75, 3.05) is 0 Å². The van der Waals surface area contributed by atoms with E-state index < -0.39 is 0 Å². The second-order valence-corrected chi connectivity index (χ2v) is 4.23. The van der Waals surface area contributed by atoms with E-state index in [1.807, 2.05) is 18.2 Å². The first-order chi connectivity index (χ1) is 8.36. The number of benzene rings is 1. The third kappa shape index (κ3) is 2.54. The lowest BCUT2D eigenvalue weighted by atomic mass is 10.2. The normalized spacial score (nSPS) is 10.9. The van der Waals surface area contributed by atoms with E-state index in [0.717, 1.165) is 43.4 Å². The predicted molar refractivity (Wildman–Crippen MR) is 69.0 cm³/mol. The molecule has 0 fully saturated rings. The van der Waals surface area contributed by atoms with Gasteiger partial charge in [-0.15, -0.1) is 0 Å². The van der Waals surface area contributed by atoms with Gasteiger partial charge in [-0.05, 0) is 25.0 Å². The molecule has 0 atom stereocenters. The van der Waals surface area contributed by atoms with E-state index in [2.05, 4.69) is 22.5 Å². The quantitative estimate of drug-likeness (QED) is 0.565. The van der Waals surface area contributed by atoms with Crippen molar-refractivity contribution in [2.24, 2.45) is 0 Å². The Labute approximate surface area is 101 Å². The van der Waals surface area contributed by atoms with E-state index in [9.17, 15) is 4.79 Å². The van der Waals surface area contributed by atoms with Crippen molar-refractivity contribution in [2.45, 2.75) is 39.2 Å². The highest BCUT2D eigenvalue weighted by Crippen LogP contribution is 2.17. The molecule has 1 aromatic heterocycles. The monoisotopic (exact) mass is 230 g/mol. The van der Waals surface area contributed by atoms with Gasteiger partial charge in [0.1, 0.15) is 12.1 Å². The predicted octanol–water partition coefficient (Wildman–Crippen LogP) is 2.97. The average molecular weight is 230 g/mol. The van der Waals surface area contributed by atoms with E-state index in [1.165, 1.54) is 5.52 Å². The summed E-state index contributed by atoms with van der Waals surface area (Å²) in [6, 6.07) is 8.22. The van der Waals surface area contributed by atoms with Crippen LogP contribution in [0, 0.1) is 0 Å². The molecular weight excluding hydrogens is 212 g/mol. The summed E-state index contributed by atoms with van der Waals surface area (Å²) in [5.74, 6) is 1.11. The van der Waals surface area contributed by atoms with Crippen molar-refractivity contribution in [3.63, 3.8) is 0 Å². The third-order valence-corrected chi connectivity index (χ3v) is 2.90. The Balaban J connectivity index is 2.31. The van der Waals surface area contributed by atoms with Gasteiger partial charge in [0, 0.05) is 19.4 Å². The fraction of sp³-hybridized carbons (Fsp3) is 0.429. The topological polar surface area (TPSA) is 34.9 Å². The molecule has 2 rings (SSSR count). The Hall–Kier alpha value is -1.64. The zero-order chi connectivity index (χ0) is 12.1. The third-order valence-electron chi connectivity index (χ3n) is 2.90. The molecule has 0 aliphatic carbocycles. The van der Waals surface area contributed by atoms with E-state index in [0.29, 0.717) is 6.42 Å². The largest absolute Gasteiger partial charge is 0.328 e. The Morgan fingerprint density at radius 2 is 2.18 bits per heavy atom. The van der Waals surface area contributed by atoms with Crippen molar-refractivity contribution in [3.05, 3.63) is 30.1 Å². The molecule has 0 spiro atoms. The van der Waals surface area contributed by atoms with Crippen molar-refractivity contribution < 1.29 is 4.79 Å². The summed E-state index contributed by atoms with van der Waals surface area (Å²) in [7, 11) is 0. The van der Waals surface area contributed by atoms with Gasteiger partial charge in [-0.3, -0.25) is 0 Å². The van der Waals surface area contributed by atoms with Crippen LogP contribution in [0.4, 0.5) is 0 Å². The van der Waals surface area contributed by atoms with E-state index in [4.69, 9.17) is 0 Å². The highest BCUT2D eigenvalue weighted by Gasteiger charge is 2.08. The molecule has 90 valence electrons. The van der Waals surface area contributed by atoms with E-state index in [1.54, 1.807) is 0 Å². The number of aldehydes is 1. The van der Waals surface area contributed by atoms with E-state index in [-0.39, 0.29) is 0 Å². The number of aryl methyl sites for hydroxylation is 2. The number of imidazole rings is 1. The fourth-order valence-electron chi connectivity index (χ4n) is 2.13. The zero-order valence-electron chi connectivity index (χ0n) is 10.2.